The van der Waals surface area contributed by atoms with Crippen LogP contribution in [0.5, 0.6) is 0 Å². The molecule has 3 aromatic carbocycles. The Morgan fingerprint density at radius 1 is 0.808 bits per heavy atom. The number of carbonyl (C=O) groups is 1. The Morgan fingerprint density at radius 2 is 1.46 bits per heavy atom. The number of aromatic nitrogens is 1. The molecule has 1 heterocycles. The van der Waals surface area contributed by atoms with Crippen molar-refractivity contribution >= 4 is 16.9 Å². The second-order valence-corrected chi connectivity index (χ2v) is 6.14. The van der Waals surface area contributed by atoms with E-state index in [0.717, 1.165) is 16.8 Å². The predicted octanol–water partition coefficient (Wildman–Crippen LogP) is 5.23. The first kappa shape index (κ1) is 16.2. The maximum absolute atomic E-state index is 12.2. The van der Waals surface area contributed by atoms with Gasteiger partial charge < -0.3 is 9.72 Å². The van der Waals surface area contributed by atoms with Crippen molar-refractivity contribution in [3.8, 4) is 11.3 Å². The number of benzene rings is 3. The summed E-state index contributed by atoms with van der Waals surface area (Å²) in [6, 6.07) is 27.6. The van der Waals surface area contributed by atoms with E-state index in [-0.39, 0.29) is 5.97 Å². The Hall–Kier alpha value is -3.33. The van der Waals surface area contributed by atoms with Gasteiger partial charge in [0.2, 0.25) is 0 Å². The van der Waals surface area contributed by atoms with Crippen LogP contribution in [0, 0.1) is 0 Å². The van der Waals surface area contributed by atoms with Crippen LogP contribution in [0.2, 0.25) is 0 Å². The van der Waals surface area contributed by atoms with Crippen LogP contribution in [0.4, 0.5) is 0 Å². The lowest BCUT2D eigenvalue weighted by atomic mass is 10.0. The van der Waals surface area contributed by atoms with Gasteiger partial charge in [-0.1, -0.05) is 66.7 Å². The highest BCUT2D eigenvalue weighted by Gasteiger charge is 2.14. The van der Waals surface area contributed by atoms with Gasteiger partial charge >= 0.3 is 5.97 Å². The van der Waals surface area contributed by atoms with Crippen molar-refractivity contribution in [3.05, 3.63) is 96.1 Å². The molecule has 4 aromatic rings. The molecule has 0 amide bonds. The van der Waals surface area contributed by atoms with Gasteiger partial charge in [0.1, 0.15) is 0 Å². The molecule has 3 heteroatoms. The fourth-order valence-corrected chi connectivity index (χ4v) is 3.21. The molecule has 1 N–H and O–H groups in total. The molecule has 0 saturated carbocycles. The van der Waals surface area contributed by atoms with E-state index < -0.39 is 0 Å². The van der Waals surface area contributed by atoms with Crippen molar-refractivity contribution in [2.75, 3.05) is 6.61 Å². The lowest BCUT2D eigenvalue weighted by molar-refractivity contribution is 0.0509. The van der Waals surface area contributed by atoms with Gasteiger partial charge in [-0.05, 0) is 29.3 Å². The normalized spacial score (nSPS) is 10.8. The number of rotatable bonds is 5. The topological polar surface area (TPSA) is 42.1 Å². The number of aromatic amines is 1. The maximum atomic E-state index is 12.2. The first-order valence-corrected chi connectivity index (χ1v) is 8.70. The summed E-state index contributed by atoms with van der Waals surface area (Å²) in [7, 11) is 0. The lowest BCUT2D eigenvalue weighted by Crippen LogP contribution is -2.08. The van der Waals surface area contributed by atoms with Crippen LogP contribution in [-0.2, 0) is 11.2 Å². The van der Waals surface area contributed by atoms with Crippen molar-refractivity contribution in [2.45, 2.75) is 6.42 Å². The lowest BCUT2D eigenvalue weighted by Gasteiger charge is -2.07. The van der Waals surface area contributed by atoms with Crippen LogP contribution in [0.3, 0.4) is 0 Å². The minimum atomic E-state index is -0.285. The molecule has 26 heavy (non-hydrogen) atoms. The predicted molar refractivity (Wildman–Crippen MR) is 104 cm³/mol. The molecule has 0 radical (unpaired) electrons. The molecule has 0 spiro atoms. The Morgan fingerprint density at radius 3 is 2.23 bits per heavy atom. The Labute approximate surface area is 152 Å². The number of carbonyl (C=O) groups excluding carboxylic acids is 1. The fraction of sp³-hybridized carbons (Fsp3) is 0.0870. The minimum Gasteiger partial charge on any atom is -0.462 e. The zero-order valence-electron chi connectivity index (χ0n) is 14.3. The summed E-state index contributed by atoms with van der Waals surface area (Å²) in [5, 5.41) is 1.17. The van der Waals surface area contributed by atoms with Crippen LogP contribution < -0.4 is 0 Å². The summed E-state index contributed by atoms with van der Waals surface area (Å²) >= 11 is 0. The van der Waals surface area contributed by atoms with Crippen molar-refractivity contribution in [2.24, 2.45) is 0 Å². The number of ether oxygens (including phenoxy) is 1. The van der Waals surface area contributed by atoms with Crippen molar-refractivity contribution in [1.82, 2.24) is 4.98 Å². The van der Waals surface area contributed by atoms with Crippen LogP contribution in [0.1, 0.15) is 15.9 Å². The average Bonchev–Trinajstić information content (AvgIpc) is 3.08. The average molecular weight is 341 g/mol. The van der Waals surface area contributed by atoms with E-state index >= 15 is 0 Å². The number of H-pyrrole nitrogens is 1. The van der Waals surface area contributed by atoms with Gasteiger partial charge in [0.15, 0.2) is 0 Å². The molecule has 4 rings (SSSR count). The van der Waals surface area contributed by atoms with Gasteiger partial charge in [-0.25, -0.2) is 4.79 Å². The molecular weight excluding hydrogens is 322 g/mol. The zero-order valence-corrected chi connectivity index (χ0v) is 14.3. The molecule has 0 fully saturated rings. The first-order chi connectivity index (χ1) is 12.8. The van der Waals surface area contributed by atoms with E-state index in [9.17, 15) is 4.79 Å². The molecule has 0 atom stereocenters. The van der Waals surface area contributed by atoms with Gasteiger partial charge in [-0.15, -0.1) is 0 Å². The Balaban J connectivity index is 1.58. The summed E-state index contributed by atoms with van der Waals surface area (Å²) in [6.07, 6.45) is 0.660. The quantitative estimate of drug-likeness (QED) is 0.505. The highest BCUT2D eigenvalue weighted by atomic mass is 16.5. The van der Waals surface area contributed by atoms with Crippen LogP contribution in [-0.4, -0.2) is 17.6 Å². The third-order valence-electron chi connectivity index (χ3n) is 4.47. The van der Waals surface area contributed by atoms with Crippen LogP contribution in [0.15, 0.2) is 84.9 Å². The van der Waals surface area contributed by atoms with Gasteiger partial charge in [-0.3, -0.25) is 0 Å². The zero-order chi connectivity index (χ0) is 17.8. The SMILES string of the molecule is O=C(OCCc1c(-c2ccccc2)[nH]c2ccccc12)c1ccccc1. The van der Waals surface area contributed by atoms with Gasteiger partial charge in [-0.2, -0.15) is 0 Å². The highest BCUT2D eigenvalue weighted by molar-refractivity contribution is 5.91. The number of esters is 1. The first-order valence-electron chi connectivity index (χ1n) is 8.70. The number of para-hydroxylation sites is 1. The number of hydrogen-bond donors (Lipinski definition) is 1. The highest BCUT2D eigenvalue weighted by Crippen LogP contribution is 2.30. The van der Waals surface area contributed by atoms with Crippen LogP contribution in [0.25, 0.3) is 22.2 Å². The molecule has 0 bridgehead atoms. The van der Waals surface area contributed by atoms with E-state index in [1.165, 1.54) is 10.9 Å². The summed E-state index contributed by atoms with van der Waals surface area (Å²) in [4.78, 5) is 15.7. The second-order valence-electron chi connectivity index (χ2n) is 6.14. The summed E-state index contributed by atoms with van der Waals surface area (Å²) in [5.41, 5.74) is 5.06. The summed E-state index contributed by atoms with van der Waals surface area (Å²) in [5.74, 6) is -0.285. The van der Waals surface area contributed by atoms with E-state index in [4.69, 9.17) is 4.74 Å². The Kier molecular flexibility index (Phi) is 4.52. The molecule has 0 unspecified atom stereocenters. The molecule has 0 aliphatic carbocycles. The van der Waals surface area contributed by atoms with Crippen molar-refractivity contribution in [1.29, 1.82) is 0 Å². The minimum absolute atomic E-state index is 0.285. The van der Waals surface area contributed by atoms with Crippen molar-refractivity contribution < 1.29 is 9.53 Å². The molecule has 0 aliphatic heterocycles. The van der Waals surface area contributed by atoms with Gasteiger partial charge in [0.25, 0.3) is 0 Å². The fourth-order valence-electron chi connectivity index (χ4n) is 3.21. The molecule has 0 aliphatic rings. The number of fused-ring (bicyclic) bond motifs is 1. The smallest absolute Gasteiger partial charge is 0.338 e. The summed E-state index contributed by atoms with van der Waals surface area (Å²) < 4.78 is 5.49. The monoisotopic (exact) mass is 341 g/mol. The number of nitrogens with one attached hydrogen (secondary N) is 1. The molecular formula is C23H19NO2. The van der Waals surface area contributed by atoms with Gasteiger partial charge in [0, 0.05) is 23.0 Å². The second kappa shape index (κ2) is 7.28. The Bertz CT molecular complexity index is 1020. The molecule has 1 aromatic heterocycles. The van der Waals surface area contributed by atoms with E-state index in [1.807, 2.05) is 48.5 Å². The largest absolute Gasteiger partial charge is 0.462 e. The van der Waals surface area contributed by atoms with E-state index in [0.29, 0.717) is 18.6 Å². The number of hydrogen-bond acceptors (Lipinski definition) is 2. The third-order valence-corrected chi connectivity index (χ3v) is 4.47. The van der Waals surface area contributed by atoms with E-state index in [2.05, 4.69) is 29.2 Å². The summed E-state index contributed by atoms with van der Waals surface area (Å²) in [6.45, 7) is 0.343. The van der Waals surface area contributed by atoms with Crippen LogP contribution >= 0.6 is 0 Å². The van der Waals surface area contributed by atoms with E-state index in [1.54, 1.807) is 12.1 Å². The molecule has 128 valence electrons. The third kappa shape index (κ3) is 3.24. The van der Waals surface area contributed by atoms with Crippen molar-refractivity contribution in [3.63, 3.8) is 0 Å². The maximum Gasteiger partial charge on any atom is 0.338 e. The molecule has 0 saturated heterocycles. The standard InChI is InChI=1S/C23H19NO2/c25-23(18-11-5-2-6-12-18)26-16-15-20-19-13-7-8-14-21(19)24-22(20)17-9-3-1-4-10-17/h1-14,24H,15-16H2. The van der Waals surface area contributed by atoms with Gasteiger partial charge in [0.05, 0.1) is 12.2 Å². The molecule has 3 nitrogen and oxygen atoms in total.